The van der Waals surface area contributed by atoms with E-state index in [1.165, 1.54) is 11.1 Å². The maximum Gasteiger partial charge on any atom is 0.107 e. The van der Waals surface area contributed by atoms with Crippen LogP contribution in [0.2, 0.25) is 0 Å². The van der Waals surface area contributed by atoms with E-state index in [-0.39, 0.29) is 0 Å². The summed E-state index contributed by atoms with van der Waals surface area (Å²) >= 11 is 0. The quantitative estimate of drug-likeness (QED) is 0.702. The molecule has 0 saturated heterocycles. The van der Waals surface area contributed by atoms with E-state index in [2.05, 4.69) is 28.4 Å². The maximum absolute atomic E-state index is 11.8. The molecular weight excluding hydrogens is 282 g/mol. The highest BCUT2D eigenvalue weighted by molar-refractivity contribution is 7.84. The standard InChI is InChI=1S/C16H25N3OS/c1-4-5-9-21(20)10-7-6-8-19-12-18-15-11-17-14(3)13(2)16(15)19/h11-12H,4-10H2,1-3H3. The monoisotopic (exact) mass is 307 g/mol. The first-order chi connectivity index (χ1) is 10.1. The predicted octanol–water partition coefficient (Wildman–Crippen LogP) is 3.38. The Morgan fingerprint density at radius 2 is 1.90 bits per heavy atom. The third kappa shape index (κ3) is 4.13. The molecule has 2 heterocycles. The van der Waals surface area contributed by atoms with Gasteiger partial charge in [0.25, 0.3) is 0 Å². The summed E-state index contributed by atoms with van der Waals surface area (Å²) in [5, 5.41) is 0. The van der Waals surface area contributed by atoms with Crippen LogP contribution in [0.25, 0.3) is 11.0 Å². The summed E-state index contributed by atoms with van der Waals surface area (Å²) in [6.45, 7) is 7.21. The van der Waals surface area contributed by atoms with Crippen molar-refractivity contribution in [3.05, 3.63) is 23.8 Å². The number of hydrogen-bond donors (Lipinski definition) is 0. The number of nitrogens with zero attached hydrogens (tertiary/aromatic N) is 3. The highest BCUT2D eigenvalue weighted by Crippen LogP contribution is 2.19. The molecule has 0 N–H and O–H groups in total. The third-order valence-corrected chi connectivity index (χ3v) is 5.38. The number of unbranched alkanes of at least 4 members (excludes halogenated alkanes) is 2. The molecule has 2 aromatic rings. The SMILES string of the molecule is CCCCS(=O)CCCCn1cnc2cnc(C)c(C)c21. The molecule has 0 aromatic carbocycles. The molecule has 0 amide bonds. The Morgan fingerprint density at radius 3 is 2.67 bits per heavy atom. The topological polar surface area (TPSA) is 47.8 Å². The van der Waals surface area contributed by atoms with Gasteiger partial charge in [0.05, 0.1) is 18.0 Å². The molecular formula is C16H25N3OS. The van der Waals surface area contributed by atoms with Gasteiger partial charge in [0.15, 0.2) is 0 Å². The summed E-state index contributed by atoms with van der Waals surface area (Å²) in [6, 6.07) is 0. The number of hydrogen-bond acceptors (Lipinski definition) is 3. The minimum absolute atomic E-state index is 0.638. The van der Waals surface area contributed by atoms with Gasteiger partial charge < -0.3 is 4.57 Å². The second kappa shape index (κ2) is 7.69. The van der Waals surface area contributed by atoms with Gasteiger partial charge in [0, 0.05) is 34.5 Å². The zero-order valence-corrected chi connectivity index (χ0v) is 14.1. The molecule has 4 nitrogen and oxygen atoms in total. The van der Waals surface area contributed by atoms with Gasteiger partial charge in [-0.05, 0) is 38.7 Å². The van der Waals surface area contributed by atoms with Crippen LogP contribution in [0.15, 0.2) is 12.5 Å². The lowest BCUT2D eigenvalue weighted by Crippen LogP contribution is -2.05. The number of rotatable bonds is 8. The van der Waals surface area contributed by atoms with E-state index in [0.29, 0.717) is 0 Å². The number of aromatic nitrogens is 3. The van der Waals surface area contributed by atoms with Crippen LogP contribution in [0.3, 0.4) is 0 Å². The van der Waals surface area contributed by atoms with E-state index in [1.807, 2.05) is 19.4 Å². The van der Waals surface area contributed by atoms with Crippen molar-refractivity contribution in [2.45, 2.75) is 53.0 Å². The van der Waals surface area contributed by atoms with E-state index in [4.69, 9.17) is 0 Å². The zero-order chi connectivity index (χ0) is 15.2. The fraction of sp³-hybridized carbons (Fsp3) is 0.625. The molecule has 0 spiro atoms. The minimum Gasteiger partial charge on any atom is -0.330 e. The third-order valence-electron chi connectivity index (χ3n) is 3.89. The molecule has 21 heavy (non-hydrogen) atoms. The lowest BCUT2D eigenvalue weighted by Gasteiger charge is -2.07. The molecule has 116 valence electrons. The van der Waals surface area contributed by atoms with Crippen LogP contribution >= 0.6 is 0 Å². The van der Waals surface area contributed by atoms with Gasteiger partial charge >= 0.3 is 0 Å². The average molecular weight is 307 g/mol. The molecule has 0 aliphatic carbocycles. The highest BCUT2D eigenvalue weighted by Gasteiger charge is 2.08. The molecule has 1 unspecified atom stereocenters. The smallest absolute Gasteiger partial charge is 0.107 e. The molecule has 2 aromatic heterocycles. The van der Waals surface area contributed by atoms with Gasteiger partial charge in [0.2, 0.25) is 0 Å². The first-order valence-electron chi connectivity index (χ1n) is 7.75. The van der Waals surface area contributed by atoms with Crippen molar-refractivity contribution in [3.8, 4) is 0 Å². The molecule has 5 heteroatoms. The Bertz CT molecular complexity index is 621. The average Bonchev–Trinajstić information content (AvgIpc) is 2.89. The van der Waals surface area contributed by atoms with Crippen LogP contribution in [0, 0.1) is 13.8 Å². The zero-order valence-electron chi connectivity index (χ0n) is 13.3. The van der Waals surface area contributed by atoms with Gasteiger partial charge in [-0.2, -0.15) is 0 Å². The molecule has 0 aliphatic rings. The van der Waals surface area contributed by atoms with Crippen LogP contribution in [-0.2, 0) is 17.3 Å². The second-order valence-corrected chi connectivity index (χ2v) is 7.25. The number of aryl methyl sites for hydroxylation is 3. The Morgan fingerprint density at radius 1 is 1.14 bits per heavy atom. The van der Waals surface area contributed by atoms with Crippen LogP contribution in [-0.4, -0.2) is 30.2 Å². The summed E-state index contributed by atoms with van der Waals surface area (Å²) in [5.41, 5.74) is 4.42. The lowest BCUT2D eigenvalue weighted by molar-refractivity contribution is 0.637. The van der Waals surface area contributed by atoms with Gasteiger partial charge in [-0.3, -0.25) is 9.19 Å². The molecule has 0 bridgehead atoms. The summed E-state index contributed by atoms with van der Waals surface area (Å²) in [5.74, 6) is 1.68. The molecule has 0 aliphatic heterocycles. The van der Waals surface area contributed by atoms with E-state index >= 15 is 0 Å². The summed E-state index contributed by atoms with van der Waals surface area (Å²) in [7, 11) is -0.638. The van der Waals surface area contributed by atoms with E-state index in [1.54, 1.807) is 0 Å². The Kier molecular flexibility index (Phi) is 5.91. The number of fused-ring (bicyclic) bond motifs is 1. The van der Waals surface area contributed by atoms with Crippen molar-refractivity contribution in [2.24, 2.45) is 0 Å². The first-order valence-corrected chi connectivity index (χ1v) is 9.24. The molecule has 0 fully saturated rings. The molecule has 0 saturated carbocycles. The number of imidazole rings is 1. The van der Waals surface area contributed by atoms with E-state index in [9.17, 15) is 4.21 Å². The van der Waals surface area contributed by atoms with Crippen molar-refractivity contribution in [1.29, 1.82) is 0 Å². The normalized spacial score (nSPS) is 12.9. The van der Waals surface area contributed by atoms with E-state index < -0.39 is 10.8 Å². The molecule has 0 radical (unpaired) electrons. The van der Waals surface area contributed by atoms with Crippen molar-refractivity contribution in [2.75, 3.05) is 11.5 Å². The number of pyridine rings is 1. The first kappa shape index (κ1) is 16.1. The van der Waals surface area contributed by atoms with Crippen LogP contribution < -0.4 is 0 Å². The van der Waals surface area contributed by atoms with Crippen molar-refractivity contribution >= 4 is 21.8 Å². The van der Waals surface area contributed by atoms with Crippen molar-refractivity contribution in [1.82, 2.24) is 14.5 Å². The van der Waals surface area contributed by atoms with Crippen LogP contribution in [0.4, 0.5) is 0 Å². The molecule has 1 atom stereocenters. The largest absolute Gasteiger partial charge is 0.330 e. The van der Waals surface area contributed by atoms with Gasteiger partial charge in [-0.15, -0.1) is 0 Å². The summed E-state index contributed by atoms with van der Waals surface area (Å²) in [6.07, 6.45) is 7.99. The maximum atomic E-state index is 11.8. The van der Waals surface area contributed by atoms with Gasteiger partial charge in [0.1, 0.15) is 5.52 Å². The van der Waals surface area contributed by atoms with Gasteiger partial charge in [-0.1, -0.05) is 13.3 Å². The second-order valence-electron chi connectivity index (χ2n) is 5.55. The van der Waals surface area contributed by atoms with Crippen molar-refractivity contribution in [3.63, 3.8) is 0 Å². The van der Waals surface area contributed by atoms with Gasteiger partial charge in [-0.25, -0.2) is 4.98 Å². The van der Waals surface area contributed by atoms with Crippen molar-refractivity contribution < 1.29 is 4.21 Å². The summed E-state index contributed by atoms with van der Waals surface area (Å²) < 4.78 is 14.0. The van der Waals surface area contributed by atoms with E-state index in [0.717, 1.165) is 54.9 Å². The summed E-state index contributed by atoms with van der Waals surface area (Å²) in [4.78, 5) is 8.77. The highest BCUT2D eigenvalue weighted by atomic mass is 32.2. The molecule has 2 rings (SSSR count). The fourth-order valence-corrected chi connectivity index (χ4v) is 3.79. The minimum atomic E-state index is -0.638. The Labute approximate surface area is 129 Å². The lowest BCUT2D eigenvalue weighted by atomic mass is 10.2. The predicted molar refractivity (Wildman–Crippen MR) is 89.0 cm³/mol. The van der Waals surface area contributed by atoms with Crippen LogP contribution in [0.5, 0.6) is 0 Å². The Balaban J connectivity index is 1.89. The van der Waals surface area contributed by atoms with Crippen LogP contribution in [0.1, 0.15) is 43.9 Å². The fourth-order valence-electron chi connectivity index (χ4n) is 2.45. The Hall–Kier alpha value is -1.23.